The lowest BCUT2D eigenvalue weighted by Crippen LogP contribution is -2.25. The molecular formula is C27H25N5O3S. The number of benzene rings is 3. The summed E-state index contributed by atoms with van der Waals surface area (Å²) in [5.41, 5.74) is 3.68. The molecule has 0 saturated carbocycles. The number of methoxy groups -OCH3 is 2. The van der Waals surface area contributed by atoms with Crippen molar-refractivity contribution >= 4 is 23.4 Å². The van der Waals surface area contributed by atoms with Crippen molar-refractivity contribution < 1.29 is 14.3 Å². The Balaban J connectivity index is 1.42. The highest BCUT2D eigenvalue weighted by Gasteiger charge is 2.24. The van der Waals surface area contributed by atoms with Crippen LogP contribution in [0, 0.1) is 0 Å². The van der Waals surface area contributed by atoms with Crippen molar-refractivity contribution in [1.29, 1.82) is 0 Å². The minimum atomic E-state index is -0.0750. The van der Waals surface area contributed by atoms with E-state index in [4.69, 9.17) is 9.47 Å². The maximum atomic E-state index is 13.0. The van der Waals surface area contributed by atoms with Gasteiger partial charge in [-0.05, 0) is 17.7 Å². The third-order valence-corrected chi connectivity index (χ3v) is 6.73. The monoisotopic (exact) mass is 499 g/mol. The lowest BCUT2D eigenvalue weighted by molar-refractivity contribution is -0.127. The fourth-order valence-electron chi connectivity index (χ4n) is 4.01. The van der Waals surface area contributed by atoms with Crippen LogP contribution in [0.5, 0.6) is 11.5 Å². The molecule has 0 atom stereocenters. The Labute approximate surface area is 213 Å². The Bertz CT molecular complexity index is 1390. The van der Waals surface area contributed by atoms with E-state index in [0.717, 1.165) is 28.9 Å². The number of hydrogen-bond acceptors (Lipinski definition) is 7. The van der Waals surface area contributed by atoms with Gasteiger partial charge in [-0.1, -0.05) is 72.4 Å². The van der Waals surface area contributed by atoms with Crippen LogP contribution in [0.25, 0.3) is 17.1 Å². The van der Waals surface area contributed by atoms with Crippen LogP contribution in [0.3, 0.4) is 0 Å². The normalized spacial score (nSPS) is 12.9. The van der Waals surface area contributed by atoms with Crippen LogP contribution in [0.2, 0.25) is 0 Å². The number of carbonyl (C=O) groups excluding carboxylic acids is 1. The smallest absolute Gasteiger partial charge is 0.253 e. The van der Waals surface area contributed by atoms with E-state index in [0.29, 0.717) is 29.0 Å². The standard InChI is InChI=1S/C27H25N5O3S/c1-34-23-14-13-21(17-24(23)35-2)32-26(20-11-7-4-8-12-20)28-29-27(32)36-18-25(33)31-16-15-22(30-31)19-9-5-3-6-10-19/h3-14,17H,15-16,18H2,1-2H3. The highest BCUT2D eigenvalue weighted by Crippen LogP contribution is 2.34. The van der Waals surface area contributed by atoms with Gasteiger partial charge in [0.05, 0.1) is 37.9 Å². The Morgan fingerprint density at radius 3 is 2.28 bits per heavy atom. The molecule has 0 fully saturated rings. The number of thioether (sulfide) groups is 1. The molecule has 182 valence electrons. The van der Waals surface area contributed by atoms with Crippen molar-refractivity contribution in [3.63, 3.8) is 0 Å². The number of aromatic nitrogens is 3. The van der Waals surface area contributed by atoms with Gasteiger partial charge in [-0.3, -0.25) is 9.36 Å². The Kier molecular flexibility index (Phi) is 6.99. The minimum Gasteiger partial charge on any atom is -0.493 e. The van der Waals surface area contributed by atoms with E-state index in [1.54, 1.807) is 19.2 Å². The Morgan fingerprint density at radius 2 is 1.58 bits per heavy atom. The van der Waals surface area contributed by atoms with Crippen molar-refractivity contribution in [3.8, 4) is 28.6 Å². The number of carbonyl (C=O) groups is 1. The number of nitrogens with zero attached hydrogens (tertiary/aromatic N) is 5. The molecule has 1 aromatic heterocycles. The summed E-state index contributed by atoms with van der Waals surface area (Å²) in [7, 11) is 3.20. The topological polar surface area (TPSA) is 81.8 Å². The second-order valence-electron chi connectivity index (χ2n) is 8.02. The first kappa shape index (κ1) is 23.6. The largest absolute Gasteiger partial charge is 0.493 e. The highest BCUT2D eigenvalue weighted by molar-refractivity contribution is 7.99. The van der Waals surface area contributed by atoms with Gasteiger partial charge in [0.2, 0.25) is 0 Å². The van der Waals surface area contributed by atoms with Crippen LogP contribution in [-0.4, -0.2) is 57.9 Å². The first-order chi connectivity index (χ1) is 17.7. The number of amides is 1. The van der Waals surface area contributed by atoms with E-state index in [1.165, 1.54) is 11.8 Å². The molecule has 0 unspecified atom stereocenters. The molecule has 0 spiro atoms. The molecule has 5 rings (SSSR count). The maximum absolute atomic E-state index is 13.0. The van der Waals surface area contributed by atoms with E-state index in [1.807, 2.05) is 83.4 Å². The molecule has 2 heterocycles. The lowest BCUT2D eigenvalue weighted by Gasteiger charge is -2.14. The van der Waals surface area contributed by atoms with Crippen LogP contribution in [0.1, 0.15) is 12.0 Å². The summed E-state index contributed by atoms with van der Waals surface area (Å²) >= 11 is 1.33. The average Bonchev–Trinajstić information content (AvgIpc) is 3.60. The number of rotatable bonds is 8. The van der Waals surface area contributed by atoms with Crippen LogP contribution in [0.4, 0.5) is 0 Å². The Hall–Kier alpha value is -4.11. The molecule has 0 aliphatic carbocycles. The van der Waals surface area contributed by atoms with Crippen molar-refractivity contribution in [3.05, 3.63) is 84.4 Å². The summed E-state index contributed by atoms with van der Waals surface area (Å²) in [6.45, 7) is 0.571. The van der Waals surface area contributed by atoms with E-state index in [9.17, 15) is 4.79 Å². The molecule has 0 N–H and O–H groups in total. The quantitative estimate of drug-likeness (QED) is 0.328. The summed E-state index contributed by atoms with van der Waals surface area (Å²) in [5, 5.41) is 15.6. The predicted molar refractivity (Wildman–Crippen MR) is 140 cm³/mol. The number of hydrogen-bond donors (Lipinski definition) is 0. The van der Waals surface area contributed by atoms with Gasteiger partial charge in [0.1, 0.15) is 0 Å². The summed E-state index contributed by atoms with van der Waals surface area (Å²) in [5.74, 6) is 2.00. The third-order valence-electron chi connectivity index (χ3n) is 5.81. The van der Waals surface area contributed by atoms with Gasteiger partial charge >= 0.3 is 0 Å². The SMILES string of the molecule is COc1ccc(-n2c(SCC(=O)N3CCC(c4ccccc4)=N3)nnc2-c2ccccc2)cc1OC. The van der Waals surface area contributed by atoms with E-state index in [2.05, 4.69) is 15.3 Å². The van der Waals surface area contributed by atoms with Crippen molar-refractivity contribution in [2.75, 3.05) is 26.5 Å². The zero-order valence-electron chi connectivity index (χ0n) is 20.0. The van der Waals surface area contributed by atoms with E-state index in [-0.39, 0.29) is 11.7 Å². The van der Waals surface area contributed by atoms with Crippen molar-refractivity contribution in [1.82, 2.24) is 19.8 Å². The second kappa shape index (κ2) is 10.7. The molecule has 4 aromatic rings. The zero-order valence-corrected chi connectivity index (χ0v) is 20.8. The first-order valence-corrected chi connectivity index (χ1v) is 12.5. The highest BCUT2D eigenvalue weighted by atomic mass is 32.2. The van der Waals surface area contributed by atoms with Crippen LogP contribution >= 0.6 is 11.8 Å². The van der Waals surface area contributed by atoms with Gasteiger partial charge in [-0.15, -0.1) is 10.2 Å². The molecule has 9 heteroatoms. The molecule has 1 amide bonds. The summed E-state index contributed by atoms with van der Waals surface area (Å²) < 4.78 is 12.8. The summed E-state index contributed by atoms with van der Waals surface area (Å²) in [4.78, 5) is 13.0. The summed E-state index contributed by atoms with van der Waals surface area (Å²) in [6.07, 6.45) is 0.737. The van der Waals surface area contributed by atoms with Gasteiger partial charge < -0.3 is 9.47 Å². The average molecular weight is 500 g/mol. The molecule has 8 nitrogen and oxygen atoms in total. The van der Waals surface area contributed by atoms with Crippen molar-refractivity contribution in [2.24, 2.45) is 5.10 Å². The molecule has 0 saturated heterocycles. The van der Waals surface area contributed by atoms with Gasteiger partial charge in [0.25, 0.3) is 5.91 Å². The fraction of sp³-hybridized carbons (Fsp3) is 0.185. The van der Waals surface area contributed by atoms with E-state index < -0.39 is 0 Å². The van der Waals surface area contributed by atoms with Gasteiger partial charge in [0, 0.05) is 18.1 Å². The molecule has 1 aliphatic rings. The molecule has 1 aliphatic heterocycles. The van der Waals surface area contributed by atoms with E-state index >= 15 is 0 Å². The second-order valence-corrected chi connectivity index (χ2v) is 8.96. The van der Waals surface area contributed by atoms with Crippen molar-refractivity contribution in [2.45, 2.75) is 11.6 Å². The maximum Gasteiger partial charge on any atom is 0.253 e. The van der Waals surface area contributed by atoms with Gasteiger partial charge in [-0.25, -0.2) is 5.01 Å². The van der Waals surface area contributed by atoms with Crippen LogP contribution in [0.15, 0.2) is 89.1 Å². The molecule has 0 radical (unpaired) electrons. The third kappa shape index (κ3) is 4.83. The predicted octanol–water partition coefficient (Wildman–Crippen LogP) is 4.68. The molecule has 3 aromatic carbocycles. The zero-order chi connectivity index (χ0) is 24.9. The number of ether oxygens (including phenoxy) is 2. The van der Waals surface area contributed by atoms with Gasteiger partial charge in [-0.2, -0.15) is 5.10 Å². The Morgan fingerprint density at radius 1 is 0.889 bits per heavy atom. The number of hydrazone groups is 1. The minimum absolute atomic E-state index is 0.0750. The summed E-state index contributed by atoms with van der Waals surface area (Å²) in [6, 6.07) is 25.4. The molecule has 0 bridgehead atoms. The van der Waals surface area contributed by atoms with Crippen LogP contribution < -0.4 is 9.47 Å². The first-order valence-electron chi connectivity index (χ1n) is 11.5. The van der Waals surface area contributed by atoms with Crippen LogP contribution in [-0.2, 0) is 4.79 Å². The lowest BCUT2D eigenvalue weighted by atomic mass is 10.1. The molecule has 36 heavy (non-hydrogen) atoms. The molecular weight excluding hydrogens is 474 g/mol. The fourth-order valence-corrected chi connectivity index (χ4v) is 4.83. The van der Waals surface area contributed by atoms with Gasteiger partial charge in [0.15, 0.2) is 22.5 Å².